The first-order valence-corrected chi connectivity index (χ1v) is 7.73. The summed E-state index contributed by atoms with van der Waals surface area (Å²) in [6.07, 6.45) is 1.18. The number of nitrogens with zero attached hydrogens (tertiary/aromatic N) is 3. The van der Waals surface area contributed by atoms with E-state index < -0.39 is 11.7 Å². The summed E-state index contributed by atoms with van der Waals surface area (Å²) in [5, 5.41) is 10.8. The van der Waals surface area contributed by atoms with Crippen LogP contribution in [0.15, 0.2) is 30.5 Å². The molecule has 6 nitrogen and oxygen atoms in total. The minimum Gasteiger partial charge on any atom is -0.444 e. The molecule has 6 heteroatoms. The highest BCUT2D eigenvalue weighted by molar-refractivity contribution is 5.67. The molecule has 1 amide bonds. The van der Waals surface area contributed by atoms with Crippen molar-refractivity contribution in [3.63, 3.8) is 0 Å². The zero-order valence-electron chi connectivity index (χ0n) is 14.3. The smallest absolute Gasteiger partial charge is 0.407 e. The first kappa shape index (κ1) is 17.0. The van der Waals surface area contributed by atoms with Crippen molar-refractivity contribution in [3.05, 3.63) is 41.7 Å². The van der Waals surface area contributed by atoms with Crippen molar-refractivity contribution in [1.29, 1.82) is 0 Å². The third-order valence-corrected chi connectivity index (χ3v) is 3.21. The topological polar surface area (TPSA) is 69.0 Å². The van der Waals surface area contributed by atoms with E-state index in [2.05, 4.69) is 41.6 Å². The van der Waals surface area contributed by atoms with Gasteiger partial charge in [0.2, 0.25) is 0 Å². The molecule has 0 aliphatic heterocycles. The number of aromatic nitrogens is 3. The van der Waals surface area contributed by atoms with E-state index in [1.807, 2.05) is 32.9 Å². The number of carbonyl (C=O) groups is 1. The zero-order valence-corrected chi connectivity index (χ0v) is 14.3. The molecule has 0 atom stereocenters. The standard InChI is InChI=1S/C17H24N4O2/c1-12(2)13-7-6-8-14(9-13)21-15(11-19-20-21)10-18-16(22)23-17(3,4)5/h6-9,11-12H,10H2,1-5H3,(H,18,22). The summed E-state index contributed by atoms with van der Waals surface area (Å²) in [7, 11) is 0. The quantitative estimate of drug-likeness (QED) is 0.938. The molecule has 1 aromatic carbocycles. The Bertz CT molecular complexity index is 671. The molecule has 0 fully saturated rings. The molecule has 23 heavy (non-hydrogen) atoms. The predicted octanol–water partition coefficient (Wildman–Crippen LogP) is 3.42. The lowest BCUT2D eigenvalue weighted by molar-refractivity contribution is 0.0522. The van der Waals surface area contributed by atoms with Crippen molar-refractivity contribution in [2.45, 2.75) is 52.7 Å². The van der Waals surface area contributed by atoms with E-state index in [0.717, 1.165) is 11.4 Å². The van der Waals surface area contributed by atoms with Crippen LogP contribution in [0.2, 0.25) is 0 Å². The van der Waals surface area contributed by atoms with Gasteiger partial charge in [-0.25, -0.2) is 9.48 Å². The molecule has 1 aromatic heterocycles. The Kier molecular flexibility index (Phi) is 5.03. The second-order valence-corrected chi connectivity index (χ2v) is 6.74. The van der Waals surface area contributed by atoms with Gasteiger partial charge in [-0.1, -0.05) is 31.2 Å². The Labute approximate surface area is 136 Å². The number of benzene rings is 1. The second-order valence-electron chi connectivity index (χ2n) is 6.74. The Morgan fingerprint density at radius 1 is 1.35 bits per heavy atom. The van der Waals surface area contributed by atoms with Gasteiger partial charge in [0.05, 0.1) is 24.1 Å². The van der Waals surface area contributed by atoms with E-state index >= 15 is 0 Å². The maximum atomic E-state index is 11.8. The summed E-state index contributed by atoms with van der Waals surface area (Å²) >= 11 is 0. The summed E-state index contributed by atoms with van der Waals surface area (Å²) < 4.78 is 6.96. The third kappa shape index (κ3) is 4.81. The first-order valence-electron chi connectivity index (χ1n) is 7.73. The maximum Gasteiger partial charge on any atom is 0.407 e. The van der Waals surface area contributed by atoms with Gasteiger partial charge < -0.3 is 10.1 Å². The molecular formula is C17H24N4O2. The molecule has 1 heterocycles. The van der Waals surface area contributed by atoms with Crippen LogP contribution in [-0.4, -0.2) is 26.7 Å². The predicted molar refractivity (Wildman–Crippen MR) is 88.5 cm³/mol. The lowest BCUT2D eigenvalue weighted by atomic mass is 10.0. The number of carbonyl (C=O) groups excluding carboxylic acids is 1. The zero-order chi connectivity index (χ0) is 17.0. The molecule has 0 aliphatic rings. The SMILES string of the molecule is CC(C)c1cccc(-n2nncc2CNC(=O)OC(C)(C)C)c1. The molecule has 0 saturated heterocycles. The fourth-order valence-electron chi connectivity index (χ4n) is 2.09. The van der Waals surface area contributed by atoms with E-state index in [1.165, 1.54) is 5.56 Å². The van der Waals surface area contributed by atoms with Crippen molar-refractivity contribution < 1.29 is 9.53 Å². The minimum absolute atomic E-state index is 0.299. The summed E-state index contributed by atoms with van der Waals surface area (Å²) in [5.74, 6) is 0.432. The number of hydrogen-bond acceptors (Lipinski definition) is 4. The van der Waals surface area contributed by atoms with Crippen LogP contribution in [-0.2, 0) is 11.3 Å². The number of nitrogens with one attached hydrogen (secondary N) is 1. The van der Waals surface area contributed by atoms with Gasteiger partial charge in [-0.2, -0.15) is 0 Å². The monoisotopic (exact) mass is 316 g/mol. The number of hydrogen-bond donors (Lipinski definition) is 1. The largest absolute Gasteiger partial charge is 0.444 e. The molecule has 0 unspecified atom stereocenters. The van der Waals surface area contributed by atoms with Crippen LogP contribution in [0, 0.1) is 0 Å². The second kappa shape index (κ2) is 6.81. The van der Waals surface area contributed by atoms with Crippen molar-refractivity contribution >= 4 is 6.09 Å². The molecular weight excluding hydrogens is 292 g/mol. The number of ether oxygens (including phenoxy) is 1. The van der Waals surface area contributed by atoms with E-state index in [-0.39, 0.29) is 0 Å². The lowest BCUT2D eigenvalue weighted by Crippen LogP contribution is -2.32. The minimum atomic E-state index is -0.520. The van der Waals surface area contributed by atoms with Gasteiger partial charge in [0.25, 0.3) is 0 Å². The number of rotatable bonds is 4. The Hall–Kier alpha value is -2.37. The Morgan fingerprint density at radius 3 is 2.74 bits per heavy atom. The van der Waals surface area contributed by atoms with Crippen LogP contribution >= 0.6 is 0 Å². The molecule has 124 valence electrons. The molecule has 0 bridgehead atoms. The molecule has 0 saturated carbocycles. The summed E-state index contributed by atoms with van der Waals surface area (Å²) in [4.78, 5) is 11.8. The van der Waals surface area contributed by atoms with Gasteiger partial charge >= 0.3 is 6.09 Å². The van der Waals surface area contributed by atoms with Crippen LogP contribution in [0.5, 0.6) is 0 Å². The maximum absolute atomic E-state index is 11.8. The average Bonchev–Trinajstić information content (AvgIpc) is 2.92. The van der Waals surface area contributed by atoms with E-state index in [4.69, 9.17) is 4.74 Å². The van der Waals surface area contributed by atoms with Gasteiger partial charge in [0, 0.05) is 0 Å². The van der Waals surface area contributed by atoms with Crippen molar-refractivity contribution in [2.75, 3.05) is 0 Å². The van der Waals surface area contributed by atoms with Gasteiger partial charge in [0.1, 0.15) is 5.60 Å². The first-order chi connectivity index (χ1) is 10.8. The third-order valence-electron chi connectivity index (χ3n) is 3.21. The van der Waals surface area contributed by atoms with Crippen molar-refractivity contribution in [3.8, 4) is 5.69 Å². The summed E-state index contributed by atoms with van der Waals surface area (Å²) in [6.45, 7) is 10.1. The van der Waals surface area contributed by atoms with Gasteiger partial charge in [-0.15, -0.1) is 5.10 Å². The molecule has 1 N–H and O–H groups in total. The van der Waals surface area contributed by atoms with Crippen LogP contribution in [0.25, 0.3) is 5.69 Å². The van der Waals surface area contributed by atoms with Gasteiger partial charge in [0.15, 0.2) is 0 Å². The van der Waals surface area contributed by atoms with Crippen LogP contribution in [0.3, 0.4) is 0 Å². The molecule has 0 aliphatic carbocycles. The van der Waals surface area contributed by atoms with Crippen molar-refractivity contribution in [1.82, 2.24) is 20.3 Å². The van der Waals surface area contributed by atoms with E-state index in [0.29, 0.717) is 12.5 Å². The van der Waals surface area contributed by atoms with Crippen molar-refractivity contribution in [2.24, 2.45) is 0 Å². The average molecular weight is 316 g/mol. The normalized spacial score (nSPS) is 11.6. The molecule has 2 rings (SSSR count). The highest BCUT2D eigenvalue weighted by atomic mass is 16.6. The van der Waals surface area contributed by atoms with E-state index in [1.54, 1.807) is 10.9 Å². The van der Waals surface area contributed by atoms with Crippen LogP contribution in [0.4, 0.5) is 4.79 Å². The highest BCUT2D eigenvalue weighted by Gasteiger charge is 2.16. The fraction of sp³-hybridized carbons (Fsp3) is 0.471. The lowest BCUT2D eigenvalue weighted by Gasteiger charge is -2.19. The highest BCUT2D eigenvalue weighted by Crippen LogP contribution is 2.18. The van der Waals surface area contributed by atoms with Crippen LogP contribution < -0.4 is 5.32 Å². The van der Waals surface area contributed by atoms with Gasteiger partial charge in [-0.3, -0.25) is 0 Å². The Balaban J connectivity index is 2.11. The number of amides is 1. The molecule has 0 spiro atoms. The van der Waals surface area contributed by atoms with Crippen LogP contribution in [0.1, 0.15) is 51.8 Å². The summed E-state index contributed by atoms with van der Waals surface area (Å²) in [5.41, 5.74) is 2.42. The fourth-order valence-corrected chi connectivity index (χ4v) is 2.09. The number of alkyl carbamates (subject to hydrolysis) is 1. The molecule has 0 radical (unpaired) electrons. The molecule has 2 aromatic rings. The van der Waals surface area contributed by atoms with Gasteiger partial charge in [-0.05, 0) is 44.4 Å². The van der Waals surface area contributed by atoms with E-state index in [9.17, 15) is 4.79 Å². The Morgan fingerprint density at radius 2 is 2.09 bits per heavy atom. The summed E-state index contributed by atoms with van der Waals surface area (Å²) in [6, 6.07) is 8.13.